The Bertz CT molecular complexity index is 911. The topological polar surface area (TPSA) is 78.0 Å². The molecule has 0 spiro atoms. The molecule has 0 aliphatic heterocycles. The number of carbonyl (C=O) groups is 1. The standard InChI is InChI=1S/C21H23N3O2/c25-14-21(11-4-5-12-21)13-22-20(26)19-23-17-10-6-9-16(18(17)24-19)15-7-2-1-3-8-15/h1-3,6-10,25H,4-5,11-14H2,(H,22,26)(H,23,24). The van der Waals surface area contributed by atoms with Gasteiger partial charge >= 0.3 is 0 Å². The molecule has 3 N–H and O–H groups in total. The van der Waals surface area contributed by atoms with E-state index in [1.165, 1.54) is 0 Å². The molecule has 26 heavy (non-hydrogen) atoms. The summed E-state index contributed by atoms with van der Waals surface area (Å²) in [6.07, 6.45) is 4.15. The van der Waals surface area contributed by atoms with Crippen molar-refractivity contribution in [3.8, 4) is 11.1 Å². The van der Waals surface area contributed by atoms with E-state index in [1.807, 2.05) is 48.5 Å². The Hall–Kier alpha value is -2.66. The molecule has 3 aromatic rings. The molecule has 0 radical (unpaired) electrons. The summed E-state index contributed by atoms with van der Waals surface area (Å²) in [7, 11) is 0. The molecule has 1 saturated carbocycles. The van der Waals surface area contributed by atoms with E-state index in [9.17, 15) is 9.90 Å². The molecule has 0 saturated heterocycles. The molecule has 0 bridgehead atoms. The highest BCUT2D eigenvalue weighted by Gasteiger charge is 2.33. The normalized spacial score (nSPS) is 16.0. The number of rotatable bonds is 5. The zero-order valence-electron chi connectivity index (χ0n) is 14.7. The predicted molar refractivity (Wildman–Crippen MR) is 102 cm³/mol. The fourth-order valence-corrected chi connectivity index (χ4v) is 3.86. The van der Waals surface area contributed by atoms with E-state index in [2.05, 4.69) is 15.3 Å². The lowest BCUT2D eigenvalue weighted by Gasteiger charge is -2.26. The highest BCUT2D eigenvalue weighted by Crippen LogP contribution is 2.37. The Morgan fingerprint density at radius 3 is 2.62 bits per heavy atom. The van der Waals surface area contributed by atoms with Crippen molar-refractivity contribution < 1.29 is 9.90 Å². The van der Waals surface area contributed by atoms with Crippen LogP contribution in [0.1, 0.15) is 36.3 Å². The number of imidazole rings is 1. The van der Waals surface area contributed by atoms with Gasteiger partial charge < -0.3 is 15.4 Å². The second-order valence-corrected chi connectivity index (χ2v) is 7.20. The number of aromatic amines is 1. The largest absolute Gasteiger partial charge is 0.396 e. The molecular formula is C21H23N3O2. The van der Waals surface area contributed by atoms with Gasteiger partial charge in [-0.15, -0.1) is 0 Å². The van der Waals surface area contributed by atoms with Crippen molar-refractivity contribution in [3.05, 3.63) is 54.4 Å². The van der Waals surface area contributed by atoms with Crippen molar-refractivity contribution in [2.45, 2.75) is 25.7 Å². The van der Waals surface area contributed by atoms with Crippen LogP contribution in [0.4, 0.5) is 0 Å². The van der Waals surface area contributed by atoms with E-state index in [-0.39, 0.29) is 17.9 Å². The fraction of sp³-hybridized carbons (Fsp3) is 0.333. The van der Waals surface area contributed by atoms with Crippen molar-refractivity contribution in [2.75, 3.05) is 13.2 Å². The van der Waals surface area contributed by atoms with Crippen molar-refractivity contribution in [3.63, 3.8) is 0 Å². The number of nitrogens with one attached hydrogen (secondary N) is 2. The number of aromatic nitrogens is 2. The quantitative estimate of drug-likeness (QED) is 0.659. The number of carbonyl (C=O) groups excluding carboxylic acids is 1. The SMILES string of the molecule is O=C(NCC1(CO)CCCC1)c1nc2c(-c3ccccc3)cccc2[nH]1. The summed E-state index contributed by atoms with van der Waals surface area (Å²) in [6, 6.07) is 15.9. The van der Waals surface area contributed by atoms with Crippen LogP contribution in [0, 0.1) is 5.41 Å². The molecule has 0 unspecified atom stereocenters. The number of benzene rings is 2. The first kappa shape index (κ1) is 16.8. The number of H-pyrrole nitrogens is 1. The second kappa shape index (κ2) is 6.92. The third-order valence-electron chi connectivity index (χ3n) is 5.44. The summed E-state index contributed by atoms with van der Waals surface area (Å²) in [4.78, 5) is 20.3. The van der Waals surface area contributed by atoms with Gasteiger partial charge in [0.1, 0.15) is 0 Å². The molecule has 0 atom stereocenters. The van der Waals surface area contributed by atoms with Crippen LogP contribution in [0.3, 0.4) is 0 Å². The Balaban J connectivity index is 1.58. The van der Waals surface area contributed by atoms with Gasteiger partial charge in [0.25, 0.3) is 5.91 Å². The van der Waals surface area contributed by atoms with Crippen LogP contribution in [0.5, 0.6) is 0 Å². The summed E-state index contributed by atoms with van der Waals surface area (Å²) < 4.78 is 0. The molecule has 1 amide bonds. The third-order valence-corrected chi connectivity index (χ3v) is 5.44. The van der Waals surface area contributed by atoms with E-state index in [0.717, 1.165) is 47.8 Å². The average molecular weight is 349 g/mol. The van der Waals surface area contributed by atoms with Crippen molar-refractivity contribution >= 4 is 16.9 Å². The van der Waals surface area contributed by atoms with Gasteiger partial charge in [-0.1, -0.05) is 55.3 Å². The van der Waals surface area contributed by atoms with Gasteiger partial charge in [0.15, 0.2) is 5.82 Å². The number of aliphatic hydroxyl groups excluding tert-OH is 1. The van der Waals surface area contributed by atoms with Gasteiger partial charge in [-0.2, -0.15) is 0 Å². The summed E-state index contributed by atoms with van der Waals surface area (Å²) in [5, 5.41) is 12.7. The van der Waals surface area contributed by atoms with Gasteiger partial charge in [0.05, 0.1) is 17.6 Å². The average Bonchev–Trinajstić information content (AvgIpc) is 3.34. The summed E-state index contributed by atoms with van der Waals surface area (Å²) in [6.45, 7) is 0.608. The third kappa shape index (κ3) is 3.10. The molecule has 2 aromatic carbocycles. The molecule has 1 fully saturated rings. The maximum absolute atomic E-state index is 12.6. The van der Waals surface area contributed by atoms with Crippen molar-refractivity contribution in [2.24, 2.45) is 5.41 Å². The van der Waals surface area contributed by atoms with Gasteiger partial charge in [-0.3, -0.25) is 4.79 Å². The number of aliphatic hydroxyl groups is 1. The van der Waals surface area contributed by atoms with Crippen molar-refractivity contribution in [1.82, 2.24) is 15.3 Å². The summed E-state index contributed by atoms with van der Waals surface area (Å²) in [5.41, 5.74) is 3.54. The van der Waals surface area contributed by atoms with E-state index in [0.29, 0.717) is 12.4 Å². The van der Waals surface area contributed by atoms with Gasteiger partial charge in [-0.05, 0) is 24.5 Å². The van der Waals surface area contributed by atoms with Crippen molar-refractivity contribution in [1.29, 1.82) is 0 Å². The Kier molecular flexibility index (Phi) is 4.47. The zero-order chi connectivity index (χ0) is 18.0. The minimum atomic E-state index is -0.222. The molecule has 134 valence electrons. The number of hydrogen-bond donors (Lipinski definition) is 3. The van der Waals surface area contributed by atoms with Crippen LogP contribution < -0.4 is 5.32 Å². The first-order valence-electron chi connectivity index (χ1n) is 9.14. The first-order chi connectivity index (χ1) is 12.7. The lowest BCUT2D eigenvalue weighted by atomic mass is 9.87. The van der Waals surface area contributed by atoms with Crippen LogP contribution in [0.15, 0.2) is 48.5 Å². The monoisotopic (exact) mass is 349 g/mol. The molecule has 1 heterocycles. The molecular weight excluding hydrogens is 326 g/mol. The van der Waals surface area contributed by atoms with E-state index in [4.69, 9.17) is 0 Å². The second-order valence-electron chi connectivity index (χ2n) is 7.20. The number of nitrogens with zero attached hydrogens (tertiary/aromatic N) is 1. The predicted octanol–water partition coefficient (Wildman–Crippen LogP) is 3.51. The van der Waals surface area contributed by atoms with Gasteiger partial charge in [0.2, 0.25) is 0 Å². The van der Waals surface area contributed by atoms with E-state index < -0.39 is 0 Å². The number of amides is 1. The summed E-state index contributed by atoms with van der Waals surface area (Å²) >= 11 is 0. The maximum Gasteiger partial charge on any atom is 0.287 e. The van der Waals surface area contributed by atoms with Gasteiger partial charge in [0, 0.05) is 17.5 Å². The lowest BCUT2D eigenvalue weighted by Crippen LogP contribution is -2.38. The van der Waals surface area contributed by atoms with Gasteiger partial charge in [-0.25, -0.2) is 4.98 Å². The Morgan fingerprint density at radius 1 is 1.12 bits per heavy atom. The summed E-state index contributed by atoms with van der Waals surface area (Å²) in [5.74, 6) is 0.0920. The molecule has 5 nitrogen and oxygen atoms in total. The number of hydrogen-bond acceptors (Lipinski definition) is 3. The van der Waals surface area contributed by atoms with Crippen LogP contribution in [0.2, 0.25) is 0 Å². The maximum atomic E-state index is 12.6. The van der Waals surface area contributed by atoms with Crippen LogP contribution in [0.25, 0.3) is 22.2 Å². The molecule has 1 aliphatic carbocycles. The van der Waals surface area contributed by atoms with E-state index >= 15 is 0 Å². The van der Waals surface area contributed by atoms with Crippen LogP contribution in [-0.4, -0.2) is 34.1 Å². The highest BCUT2D eigenvalue weighted by molar-refractivity contribution is 5.98. The van der Waals surface area contributed by atoms with E-state index in [1.54, 1.807) is 0 Å². The molecule has 1 aromatic heterocycles. The Morgan fingerprint density at radius 2 is 1.88 bits per heavy atom. The fourth-order valence-electron chi connectivity index (χ4n) is 3.86. The highest BCUT2D eigenvalue weighted by atomic mass is 16.3. The first-order valence-corrected chi connectivity index (χ1v) is 9.14. The lowest BCUT2D eigenvalue weighted by molar-refractivity contribution is 0.0872. The minimum absolute atomic E-state index is 0.117. The minimum Gasteiger partial charge on any atom is -0.396 e. The van der Waals surface area contributed by atoms with Crippen LogP contribution >= 0.6 is 0 Å². The molecule has 4 rings (SSSR count). The number of fused-ring (bicyclic) bond motifs is 1. The smallest absolute Gasteiger partial charge is 0.287 e. The molecule has 1 aliphatic rings. The van der Waals surface area contributed by atoms with Crippen LogP contribution in [-0.2, 0) is 0 Å². The molecule has 5 heteroatoms. The zero-order valence-corrected chi connectivity index (χ0v) is 14.7. The Labute approximate surface area is 152 Å². The number of para-hydroxylation sites is 1.